The summed E-state index contributed by atoms with van der Waals surface area (Å²) in [5.74, 6) is 1.06. The van der Waals surface area contributed by atoms with Gasteiger partial charge in [-0.2, -0.15) is 5.10 Å². The molecule has 0 unspecified atom stereocenters. The van der Waals surface area contributed by atoms with E-state index in [0.29, 0.717) is 0 Å². The average Bonchev–Trinajstić information content (AvgIpc) is 2.61. The Hall–Kier alpha value is -1.84. The Labute approximate surface area is 115 Å². The number of amidine groups is 1. The molecular formula is C15H22N4. The van der Waals surface area contributed by atoms with Crippen LogP contribution in [0.4, 0.5) is 0 Å². The fourth-order valence-electron chi connectivity index (χ4n) is 2.44. The molecule has 2 rings (SSSR count). The van der Waals surface area contributed by atoms with E-state index in [1.54, 1.807) is 0 Å². The molecule has 0 aliphatic carbocycles. The highest BCUT2D eigenvalue weighted by molar-refractivity contribution is 5.88. The predicted octanol–water partition coefficient (Wildman–Crippen LogP) is 2.86. The molecule has 4 nitrogen and oxygen atoms in total. The average molecular weight is 258 g/mol. The van der Waals surface area contributed by atoms with Gasteiger partial charge in [0.15, 0.2) is 0 Å². The lowest BCUT2D eigenvalue weighted by molar-refractivity contribution is 0.433. The summed E-state index contributed by atoms with van der Waals surface area (Å²) < 4.78 is 2.05. The zero-order valence-corrected chi connectivity index (χ0v) is 12.2. The van der Waals surface area contributed by atoms with Gasteiger partial charge in [-0.3, -0.25) is 4.68 Å². The molecule has 2 heterocycles. The fourth-order valence-corrected chi connectivity index (χ4v) is 2.44. The van der Waals surface area contributed by atoms with Crippen molar-refractivity contribution < 1.29 is 0 Å². The van der Waals surface area contributed by atoms with Crippen LogP contribution in [0.2, 0.25) is 0 Å². The van der Waals surface area contributed by atoms with Crippen LogP contribution in [0.3, 0.4) is 0 Å². The molecule has 0 fully saturated rings. The van der Waals surface area contributed by atoms with Crippen LogP contribution in [0.1, 0.15) is 31.3 Å². The summed E-state index contributed by atoms with van der Waals surface area (Å²) in [6.07, 6.45) is 8.02. The van der Waals surface area contributed by atoms with Crippen molar-refractivity contribution in [2.75, 3.05) is 13.1 Å². The third-order valence-electron chi connectivity index (χ3n) is 3.36. The van der Waals surface area contributed by atoms with Crippen molar-refractivity contribution in [1.82, 2.24) is 14.7 Å². The van der Waals surface area contributed by atoms with Gasteiger partial charge < -0.3 is 4.90 Å². The summed E-state index contributed by atoms with van der Waals surface area (Å²) in [7, 11) is 0. The molecular weight excluding hydrogens is 236 g/mol. The molecule has 102 valence electrons. The van der Waals surface area contributed by atoms with Gasteiger partial charge in [0.2, 0.25) is 0 Å². The van der Waals surface area contributed by atoms with E-state index in [0.717, 1.165) is 30.3 Å². The van der Waals surface area contributed by atoms with E-state index in [-0.39, 0.29) is 6.04 Å². The molecule has 1 atom stereocenters. The lowest BCUT2D eigenvalue weighted by Crippen LogP contribution is -2.37. The predicted molar refractivity (Wildman–Crippen MR) is 79.4 cm³/mol. The first-order valence-corrected chi connectivity index (χ1v) is 6.86. The Morgan fingerprint density at radius 2 is 1.95 bits per heavy atom. The highest BCUT2D eigenvalue weighted by Gasteiger charge is 2.22. The van der Waals surface area contributed by atoms with Gasteiger partial charge in [-0.25, -0.2) is 4.99 Å². The Kier molecular flexibility index (Phi) is 4.20. The minimum Gasteiger partial charge on any atom is -0.359 e. The van der Waals surface area contributed by atoms with E-state index in [1.165, 1.54) is 0 Å². The molecule has 0 saturated carbocycles. The second-order valence-electron chi connectivity index (χ2n) is 4.70. The van der Waals surface area contributed by atoms with Crippen molar-refractivity contribution in [1.29, 1.82) is 0 Å². The number of aryl methyl sites for hydroxylation is 2. The first-order chi connectivity index (χ1) is 9.17. The van der Waals surface area contributed by atoms with Crippen LogP contribution in [0.5, 0.6) is 0 Å². The number of aromatic nitrogens is 2. The molecule has 0 saturated heterocycles. The van der Waals surface area contributed by atoms with E-state index in [1.807, 2.05) is 25.3 Å². The number of aliphatic imine (C=N–C) groups is 1. The topological polar surface area (TPSA) is 33.4 Å². The molecule has 1 aliphatic rings. The van der Waals surface area contributed by atoms with Gasteiger partial charge in [0, 0.05) is 25.0 Å². The van der Waals surface area contributed by atoms with Crippen molar-refractivity contribution in [2.24, 2.45) is 4.99 Å². The van der Waals surface area contributed by atoms with Gasteiger partial charge in [0.1, 0.15) is 11.9 Å². The standard InChI is InChI=1S/C15H22N4/c1-5-18(6-2)15-14(9-7-8-10-16-15)19-13(4)11-12(3)17-19/h7-11,14H,5-6H2,1-4H3/t14-/m1/s1. The zero-order valence-electron chi connectivity index (χ0n) is 12.2. The SMILES string of the molecule is CCN(CC)C1=NC=CC=C[C@H]1n1nc(C)cc1C. The maximum absolute atomic E-state index is 4.61. The van der Waals surface area contributed by atoms with Crippen LogP contribution < -0.4 is 0 Å². The summed E-state index contributed by atoms with van der Waals surface area (Å²) in [5, 5.41) is 4.61. The maximum atomic E-state index is 4.61. The van der Waals surface area contributed by atoms with Gasteiger partial charge in [-0.05, 0) is 39.8 Å². The van der Waals surface area contributed by atoms with Gasteiger partial charge in [-0.15, -0.1) is 0 Å². The lowest BCUT2D eigenvalue weighted by Gasteiger charge is -2.28. The first-order valence-electron chi connectivity index (χ1n) is 6.86. The minimum absolute atomic E-state index is 0.0728. The Morgan fingerprint density at radius 3 is 2.53 bits per heavy atom. The largest absolute Gasteiger partial charge is 0.359 e. The van der Waals surface area contributed by atoms with Crippen LogP contribution in [0.25, 0.3) is 0 Å². The van der Waals surface area contributed by atoms with Gasteiger partial charge in [0.05, 0.1) is 5.69 Å². The van der Waals surface area contributed by atoms with Gasteiger partial charge in [0.25, 0.3) is 0 Å². The van der Waals surface area contributed by atoms with Crippen molar-refractivity contribution in [2.45, 2.75) is 33.7 Å². The molecule has 0 bridgehead atoms. The number of rotatable bonds is 3. The molecule has 19 heavy (non-hydrogen) atoms. The normalized spacial score (nSPS) is 18.3. The van der Waals surface area contributed by atoms with E-state index in [4.69, 9.17) is 0 Å². The molecule has 0 amide bonds. The summed E-state index contributed by atoms with van der Waals surface area (Å²) in [4.78, 5) is 6.89. The van der Waals surface area contributed by atoms with Gasteiger partial charge in [-0.1, -0.05) is 12.2 Å². The third kappa shape index (κ3) is 2.78. The molecule has 0 radical (unpaired) electrons. The maximum Gasteiger partial charge on any atom is 0.133 e. The van der Waals surface area contributed by atoms with E-state index in [2.05, 4.69) is 52.6 Å². The van der Waals surface area contributed by atoms with Crippen LogP contribution >= 0.6 is 0 Å². The minimum atomic E-state index is 0.0728. The number of nitrogens with zero attached hydrogens (tertiary/aromatic N) is 4. The van der Waals surface area contributed by atoms with Crippen molar-refractivity contribution >= 4 is 5.84 Å². The Balaban J connectivity index is 2.43. The second kappa shape index (κ2) is 5.87. The number of hydrogen-bond donors (Lipinski definition) is 0. The number of likely N-dealkylation sites (N-methyl/N-ethyl adjacent to an activating group) is 1. The quantitative estimate of drug-likeness (QED) is 0.835. The summed E-state index contributed by atoms with van der Waals surface area (Å²) in [6.45, 7) is 10.3. The van der Waals surface area contributed by atoms with Crippen molar-refractivity contribution in [3.63, 3.8) is 0 Å². The van der Waals surface area contributed by atoms with Crippen LogP contribution in [0.15, 0.2) is 35.5 Å². The van der Waals surface area contributed by atoms with Crippen molar-refractivity contribution in [3.8, 4) is 0 Å². The van der Waals surface area contributed by atoms with E-state index >= 15 is 0 Å². The summed E-state index contributed by atoms with van der Waals surface area (Å²) in [5.41, 5.74) is 2.20. The van der Waals surface area contributed by atoms with E-state index < -0.39 is 0 Å². The number of hydrogen-bond acceptors (Lipinski definition) is 3. The molecule has 1 aromatic rings. The molecule has 0 N–H and O–H groups in total. The zero-order chi connectivity index (χ0) is 13.8. The first kappa shape index (κ1) is 13.6. The summed E-state index contributed by atoms with van der Waals surface area (Å²) in [6, 6.07) is 2.18. The lowest BCUT2D eigenvalue weighted by atomic mass is 10.2. The second-order valence-corrected chi connectivity index (χ2v) is 4.70. The van der Waals surface area contributed by atoms with Crippen molar-refractivity contribution in [3.05, 3.63) is 41.9 Å². The third-order valence-corrected chi connectivity index (χ3v) is 3.36. The number of allylic oxidation sites excluding steroid dienone is 2. The molecule has 4 heteroatoms. The van der Waals surface area contributed by atoms with Crippen LogP contribution in [-0.4, -0.2) is 33.6 Å². The van der Waals surface area contributed by atoms with Gasteiger partial charge >= 0.3 is 0 Å². The summed E-state index contributed by atoms with van der Waals surface area (Å²) >= 11 is 0. The highest BCUT2D eigenvalue weighted by atomic mass is 15.3. The Morgan fingerprint density at radius 1 is 1.21 bits per heavy atom. The molecule has 0 aromatic carbocycles. The van der Waals surface area contributed by atoms with Crippen LogP contribution in [0, 0.1) is 13.8 Å². The fraction of sp³-hybridized carbons (Fsp3) is 0.467. The molecule has 1 aromatic heterocycles. The monoisotopic (exact) mass is 258 g/mol. The Bertz CT molecular complexity index is 518. The molecule has 1 aliphatic heterocycles. The smallest absolute Gasteiger partial charge is 0.133 e. The van der Waals surface area contributed by atoms with Crippen LogP contribution in [-0.2, 0) is 0 Å². The van der Waals surface area contributed by atoms with E-state index in [9.17, 15) is 0 Å². The highest BCUT2D eigenvalue weighted by Crippen LogP contribution is 2.19. The molecule has 0 spiro atoms.